The minimum absolute atomic E-state index is 0.0810. The van der Waals surface area contributed by atoms with Gasteiger partial charge in [-0.1, -0.05) is 29.8 Å². The number of anilines is 1. The molecule has 0 aliphatic carbocycles. The van der Waals surface area contributed by atoms with E-state index in [-0.39, 0.29) is 12.5 Å². The van der Waals surface area contributed by atoms with Crippen LogP contribution in [0.25, 0.3) is 0 Å². The average Bonchev–Trinajstić information content (AvgIpc) is 2.64. The van der Waals surface area contributed by atoms with Gasteiger partial charge in [-0.05, 0) is 61.7 Å². The number of halogens is 1. The first kappa shape index (κ1) is 20.6. The van der Waals surface area contributed by atoms with Gasteiger partial charge in [0.25, 0.3) is 0 Å². The molecule has 0 saturated carbocycles. The first-order valence-electron chi connectivity index (χ1n) is 9.53. The number of amides is 1. The van der Waals surface area contributed by atoms with Gasteiger partial charge in [-0.3, -0.25) is 9.69 Å². The van der Waals surface area contributed by atoms with E-state index in [0.29, 0.717) is 23.7 Å². The molecule has 1 fully saturated rings. The number of piperidine rings is 1. The third kappa shape index (κ3) is 5.71. The van der Waals surface area contributed by atoms with Gasteiger partial charge in [-0.15, -0.1) is 0 Å². The van der Waals surface area contributed by atoms with E-state index in [1.54, 1.807) is 0 Å². The van der Waals surface area contributed by atoms with Crippen LogP contribution in [0.1, 0.15) is 30.9 Å². The average molecular weight is 403 g/mol. The highest BCUT2D eigenvalue weighted by Crippen LogP contribution is 2.29. The lowest BCUT2D eigenvalue weighted by molar-refractivity contribution is -0.114. The monoisotopic (exact) mass is 402 g/mol. The third-order valence-electron chi connectivity index (χ3n) is 4.90. The molecule has 150 valence electrons. The number of rotatable bonds is 6. The molecule has 2 aromatic carbocycles. The Labute approximate surface area is 171 Å². The molecule has 5 nitrogen and oxygen atoms in total. The van der Waals surface area contributed by atoms with E-state index in [1.165, 1.54) is 6.92 Å². The molecular weight excluding hydrogens is 376 g/mol. The summed E-state index contributed by atoms with van der Waals surface area (Å²) in [5, 5.41) is 14.4. The summed E-state index contributed by atoms with van der Waals surface area (Å²) < 4.78 is 5.86. The molecule has 1 atom stereocenters. The molecule has 6 heteroatoms. The molecule has 28 heavy (non-hydrogen) atoms. The summed E-state index contributed by atoms with van der Waals surface area (Å²) in [6.07, 6.45) is 1.61. The van der Waals surface area contributed by atoms with Crippen LogP contribution >= 0.6 is 11.6 Å². The molecule has 1 aliphatic heterocycles. The number of benzene rings is 2. The van der Waals surface area contributed by atoms with Crippen LogP contribution in [-0.2, 0) is 11.3 Å². The van der Waals surface area contributed by atoms with Crippen molar-refractivity contribution in [1.82, 2.24) is 4.90 Å². The van der Waals surface area contributed by atoms with E-state index in [1.807, 2.05) is 49.4 Å². The van der Waals surface area contributed by atoms with Crippen molar-refractivity contribution in [3.63, 3.8) is 0 Å². The number of likely N-dealkylation sites (tertiary alicyclic amines) is 1. The number of nitrogens with one attached hydrogen (secondary N) is 1. The number of carbonyl (C=O) groups is 1. The van der Waals surface area contributed by atoms with Crippen LogP contribution in [0.2, 0.25) is 5.02 Å². The van der Waals surface area contributed by atoms with Crippen molar-refractivity contribution >= 4 is 23.2 Å². The summed E-state index contributed by atoms with van der Waals surface area (Å²) in [5.41, 5.74) is 2.09. The lowest BCUT2D eigenvalue weighted by Crippen LogP contribution is -2.51. The second-order valence-electron chi connectivity index (χ2n) is 7.64. The lowest BCUT2D eigenvalue weighted by atomic mass is 9.93. The van der Waals surface area contributed by atoms with Crippen LogP contribution in [0.15, 0.2) is 42.5 Å². The van der Waals surface area contributed by atoms with Crippen LogP contribution in [0.4, 0.5) is 5.69 Å². The standard InChI is InChI=1S/C22H27ClN2O3/c1-16-4-9-20(23)21(12-16)28-15-22(27)10-3-11-25(14-22)13-18-5-7-19(8-6-18)24-17(2)26/h4-9,12,27H,3,10-11,13-15H2,1-2H3,(H,24,26)/t22-/m0/s1. The van der Waals surface area contributed by atoms with Gasteiger partial charge >= 0.3 is 0 Å². The Morgan fingerprint density at radius 1 is 1.29 bits per heavy atom. The van der Waals surface area contributed by atoms with Gasteiger partial charge in [0.15, 0.2) is 0 Å². The quantitative estimate of drug-likeness (QED) is 0.766. The van der Waals surface area contributed by atoms with Crippen molar-refractivity contribution in [2.24, 2.45) is 0 Å². The van der Waals surface area contributed by atoms with Crippen molar-refractivity contribution < 1.29 is 14.6 Å². The first-order valence-corrected chi connectivity index (χ1v) is 9.91. The summed E-state index contributed by atoms with van der Waals surface area (Å²) in [6, 6.07) is 13.4. The summed E-state index contributed by atoms with van der Waals surface area (Å²) in [7, 11) is 0. The SMILES string of the molecule is CC(=O)Nc1ccc(CN2CCC[C@@](O)(COc3cc(C)ccc3Cl)C2)cc1. The van der Waals surface area contributed by atoms with Crippen molar-refractivity contribution in [2.75, 3.05) is 25.0 Å². The van der Waals surface area contributed by atoms with Crippen LogP contribution < -0.4 is 10.1 Å². The fourth-order valence-electron chi connectivity index (χ4n) is 3.55. The Bertz CT molecular complexity index is 825. The maximum atomic E-state index is 11.1. The zero-order chi connectivity index (χ0) is 20.1. The second-order valence-corrected chi connectivity index (χ2v) is 8.05. The number of carbonyl (C=O) groups excluding carboxylic acids is 1. The van der Waals surface area contributed by atoms with Crippen LogP contribution in [0.5, 0.6) is 5.75 Å². The van der Waals surface area contributed by atoms with E-state index in [9.17, 15) is 9.90 Å². The van der Waals surface area contributed by atoms with E-state index in [4.69, 9.17) is 16.3 Å². The van der Waals surface area contributed by atoms with Crippen molar-refractivity contribution in [3.8, 4) is 5.75 Å². The Balaban J connectivity index is 1.58. The Morgan fingerprint density at radius 2 is 2.04 bits per heavy atom. The van der Waals surface area contributed by atoms with Gasteiger partial charge in [0.2, 0.25) is 5.91 Å². The zero-order valence-corrected chi connectivity index (χ0v) is 17.1. The molecule has 3 rings (SSSR count). The normalized spacial score (nSPS) is 20.0. The second kappa shape index (κ2) is 8.95. The summed E-state index contributed by atoms with van der Waals surface area (Å²) in [6.45, 7) is 5.92. The predicted octanol–water partition coefficient (Wildman–Crippen LogP) is 4.01. The fourth-order valence-corrected chi connectivity index (χ4v) is 3.72. The topological polar surface area (TPSA) is 61.8 Å². The van der Waals surface area contributed by atoms with E-state index in [0.717, 1.165) is 36.3 Å². The van der Waals surface area contributed by atoms with Crippen LogP contribution in [0.3, 0.4) is 0 Å². The smallest absolute Gasteiger partial charge is 0.221 e. The van der Waals surface area contributed by atoms with Gasteiger partial charge in [-0.25, -0.2) is 0 Å². The van der Waals surface area contributed by atoms with E-state index < -0.39 is 5.60 Å². The molecule has 1 saturated heterocycles. The van der Waals surface area contributed by atoms with E-state index in [2.05, 4.69) is 10.2 Å². The number of hydrogen-bond acceptors (Lipinski definition) is 4. The molecule has 0 aromatic heterocycles. The molecule has 0 radical (unpaired) electrons. The van der Waals surface area contributed by atoms with Gasteiger partial charge in [0.1, 0.15) is 18.0 Å². The lowest BCUT2D eigenvalue weighted by Gasteiger charge is -2.39. The summed E-state index contributed by atoms with van der Waals surface area (Å²) >= 11 is 6.20. The number of β-amino-alcohol motifs (C(OH)–C–C–N with tert-alkyl or cyclic N) is 1. The van der Waals surface area contributed by atoms with Gasteiger partial charge in [0.05, 0.1) is 5.02 Å². The molecular formula is C22H27ClN2O3. The van der Waals surface area contributed by atoms with Crippen molar-refractivity contribution in [3.05, 3.63) is 58.6 Å². The maximum Gasteiger partial charge on any atom is 0.221 e. The molecule has 2 N–H and O–H groups in total. The van der Waals surface area contributed by atoms with E-state index >= 15 is 0 Å². The molecule has 1 heterocycles. The summed E-state index contributed by atoms with van der Waals surface area (Å²) in [5.74, 6) is 0.531. The fraction of sp³-hybridized carbons (Fsp3) is 0.409. The number of aliphatic hydroxyl groups is 1. The van der Waals surface area contributed by atoms with Crippen LogP contribution in [0, 0.1) is 6.92 Å². The Hall–Kier alpha value is -2.08. The predicted molar refractivity (Wildman–Crippen MR) is 112 cm³/mol. The Morgan fingerprint density at radius 3 is 2.75 bits per heavy atom. The number of aryl methyl sites for hydroxylation is 1. The van der Waals surface area contributed by atoms with Crippen LogP contribution in [-0.4, -0.2) is 41.2 Å². The third-order valence-corrected chi connectivity index (χ3v) is 5.21. The molecule has 1 aliphatic rings. The minimum atomic E-state index is -0.901. The van der Waals surface area contributed by atoms with Gasteiger partial charge in [-0.2, -0.15) is 0 Å². The highest BCUT2D eigenvalue weighted by atomic mass is 35.5. The number of ether oxygens (including phenoxy) is 1. The summed E-state index contributed by atoms with van der Waals surface area (Å²) in [4.78, 5) is 13.4. The molecule has 0 spiro atoms. The molecule has 0 bridgehead atoms. The van der Waals surface area contributed by atoms with Crippen molar-refractivity contribution in [2.45, 2.75) is 38.8 Å². The number of hydrogen-bond donors (Lipinski definition) is 2. The zero-order valence-electron chi connectivity index (χ0n) is 16.4. The highest BCUT2D eigenvalue weighted by molar-refractivity contribution is 6.32. The van der Waals surface area contributed by atoms with Crippen molar-refractivity contribution in [1.29, 1.82) is 0 Å². The molecule has 2 aromatic rings. The molecule has 0 unspecified atom stereocenters. The first-order chi connectivity index (χ1) is 13.3. The Kier molecular flexibility index (Phi) is 6.60. The number of nitrogens with zero attached hydrogens (tertiary/aromatic N) is 1. The van der Waals surface area contributed by atoms with Gasteiger partial charge < -0.3 is 15.2 Å². The highest BCUT2D eigenvalue weighted by Gasteiger charge is 2.34. The maximum absolute atomic E-state index is 11.1. The van der Waals surface area contributed by atoms with Gasteiger partial charge in [0, 0.05) is 25.7 Å². The largest absolute Gasteiger partial charge is 0.489 e. The molecule has 1 amide bonds. The minimum Gasteiger partial charge on any atom is -0.489 e.